The van der Waals surface area contributed by atoms with E-state index in [-0.39, 0.29) is 17.1 Å². The summed E-state index contributed by atoms with van der Waals surface area (Å²) in [5.74, 6) is -2.18. The highest BCUT2D eigenvalue weighted by atomic mass is 35.5. The van der Waals surface area contributed by atoms with Gasteiger partial charge in [0.25, 0.3) is 0 Å². The molecule has 0 atom stereocenters. The Hall–Kier alpha value is -2.67. The molecule has 2 aromatic carbocycles. The Morgan fingerprint density at radius 3 is 2.43 bits per heavy atom. The first kappa shape index (κ1) is 14.7. The fourth-order valence-corrected chi connectivity index (χ4v) is 1.69. The number of carboxylic acid groups (broad SMARTS) is 1. The molecule has 0 amide bonds. The zero-order valence-electron chi connectivity index (χ0n) is 10.2. The van der Waals surface area contributed by atoms with Gasteiger partial charge >= 0.3 is 11.7 Å². The third kappa shape index (κ3) is 3.26. The first-order valence-electron chi connectivity index (χ1n) is 5.53. The van der Waals surface area contributed by atoms with Gasteiger partial charge in [0.15, 0.2) is 0 Å². The second-order valence-electron chi connectivity index (χ2n) is 3.92. The maximum Gasteiger partial charge on any atom is 0.335 e. The molecule has 2 rings (SSSR count). The van der Waals surface area contributed by atoms with Crippen molar-refractivity contribution in [3.05, 3.63) is 62.9 Å². The van der Waals surface area contributed by atoms with Gasteiger partial charge in [-0.3, -0.25) is 10.1 Å². The van der Waals surface area contributed by atoms with Gasteiger partial charge in [-0.2, -0.15) is 0 Å². The molecule has 0 fully saturated rings. The minimum Gasteiger partial charge on any atom is -0.478 e. The van der Waals surface area contributed by atoms with Crippen LogP contribution < -0.4 is 4.74 Å². The summed E-state index contributed by atoms with van der Waals surface area (Å²) in [6, 6.07) is 6.77. The van der Waals surface area contributed by atoms with Gasteiger partial charge in [-0.25, -0.2) is 9.18 Å². The molecule has 0 aliphatic rings. The van der Waals surface area contributed by atoms with E-state index in [9.17, 15) is 19.3 Å². The highest BCUT2D eigenvalue weighted by Gasteiger charge is 2.20. The fraction of sp³-hybridized carbons (Fsp3) is 0. The first-order chi connectivity index (χ1) is 9.88. The largest absolute Gasteiger partial charge is 0.478 e. The Balaban J connectivity index is 2.36. The highest BCUT2D eigenvalue weighted by Crippen LogP contribution is 2.35. The minimum atomic E-state index is -1.12. The van der Waals surface area contributed by atoms with Crippen LogP contribution in [0.15, 0.2) is 36.4 Å². The maximum atomic E-state index is 13.4. The maximum absolute atomic E-state index is 13.4. The second-order valence-corrected chi connectivity index (χ2v) is 4.33. The van der Waals surface area contributed by atoms with Crippen LogP contribution in [0.1, 0.15) is 10.4 Å². The van der Waals surface area contributed by atoms with Crippen LogP contribution in [0.5, 0.6) is 11.5 Å². The lowest BCUT2D eigenvalue weighted by atomic mass is 10.2. The molecule has 0 saturated carbocycles. The van der Waals surface area contributed by atoms with E-state index in [4.69, 9.17) is 21.4 Å². The number of nitro benzene ring substituents is 1. The number of hydrogen-bond donors (Lipinski definition) is 1. The van der Waals surface area contributed by atoms with Crippen LogP contribution in [-0.4, -0.2) is 16.0 Å². The lowest BCUT2D eigenvalue weighted by Crippen LogP contribution is -1.97. The number of aromatic carboxylic acids is 1. The smallest absolute Gasteiger partial charge is 0.335 e. The van der Waals surface area contributed by atoms with E-state index < -0.39 is 27.4 Å². The van der Waals surface area contributed by atoms with E-state index in [1.165, 1.54) is 24.3 Å². The predicted molar refractivity (Wildman–Crippen MR) is 71.5 cm³/mol. The SMILES string of the molecule is O=C(O)c1ccc(Oc2cc(F)c(Cl)cc2[N+](=O)[O-])cc1. The van der Waals surface area contributed by atoms with Crippen molar-refractivity contribution >= 4 is 23.3 Å². The van der Waals surface area contributed by atoms with Gasteiger partial charge in [0.2, 0.25) is 5.75 Å². The topological polar surface area (TPSA) is 89.7 Å². The molecule has 0 heterocycles. The number of benzene rings is 2. The molecule has 108 valence electrons. The van der Waals surface area contributed by atoms with Gasteiger partial charge in [0, 0.05) is 12.1 Å². The summed E-state index contributed by atoms with van der Waals surface area (Å²) >= 11 is 5.49. The van der Waals surface area contributed by atoms with Gasteiger partial charge in [-0.1, -0.05) is 11.6 Å². The second kappa shape index (κ2) is 5.76. The Kier molecular flexibility index (Phi) is 4.04. The van der Waals surface area contributed by atoms with Crippen LogP contribution in [0.2, 0.25) is 5.02 Å². The number of hydrogen-bond acceptors (Lipinski definition) is 4. The van der Waals surface area contributed by atoms with Crippen LogP contribution in [0.4, 0.5) is 10.1 Å². The monoisotopic (exact) mass is 311 g/mol. The van der Waals surface area contributed by atoms with Crippen molar-refractivity contribution in [2.75, 3.05) is 0 Å². The third-order valence-electron chi connectivity index (χ3n) is 2.53. The van der Waals surface area contributed by atoms with Gasteiger partial charge in [0.05, 0.1) is 15.5 Å². The predicted octanol–water partition coefficient (Wildman–Crippen LogP) is 3.88. The molecular weight excluding hydrogens is 305 g/mol. The van der Waals surface area contributed by atoms with Gasteiger partial charge in [-0.05, 0) is 24.3 Å². The molecule has 0 aliphatic heterocycles. The molecule has 8 heteroatoms. The first-order valence-corrected chi connectivity index (χ1v) is 5.91. The molecule has 0 aliphatic carbocycles. The molecule has 0 aromatic heterocycles. The fourth-order valence-electron chi connectivity index (χ4n) is 1.54. The molecule has 0 bridgehead atoms. The Labute approximate surface area is 122 Å². The number of nitro groups is 1. The van der Waals surface area contributed by atoms with Crippen LogP contribution in [0.25, 0.3) is 0 Å². The van der Waals surface area contributed by atoms with Gasteiger partial charge in [-0.15, -0.1) is 0 Å². The van der Waals surface area contributed by atoms with E-state index in [0.29, 0.717) is 0 Å². The summed E-state index contributed by atoms with van der Waals surface area (Å²) in [6.07, 6.45) is 0. The summed E-state index contributed by atoms with van der Waals surface area (Å²) in [7, 11) is 0. The molecule has 0 saturated heterocycles. The Bertz CT molecular complexity index is 717. The standard InChI is InChI=1S/C13H7ClFNO5/c14-9-5-11(16(19)20)12(6-10(9)15)21-8-3-1-7(2-4-8)13(17)18/h1-6H,(H,17,18). The average molecular weight is 312 g/mol. The summed E-state index contributed by atoms with van der Waals surface area (Å²) in [4.78, 5) is 20.8. The normalized spacial score (nSPS) is 10.2. The minimum absolute atomic E-state index is 0.0270. The zero-order chi connectivity index (χ0) is 15.6. The van der Waals surface area contributed by atoms with Crippen molar-refractivity contribution < 1.29 is 24.0 Å². The van der Waals surface area contributed by atoms with Crippen LogP contribution in [-0.2, 0) is 0 Å². The van der Waals surface area contributed by atoms with Crippen molar-refractivity contribution in [1.29, 1.82) is 0 Å². The van der Waals surface area contributed by atoms with Crippen LogP contribution in [0.3, 0.4) is 0 Å². The summed E-state index contributed by atoms with van der Waals surface area (Å²) < 4.78 is 18.6. The molecule has 0 radical (unpaired) electrons. The van der Waals surface area contributed by atoms with E-state index in [1.807, 2.05) is 0 Å². The Morgan fingerprint density at radius 2 is 1.90 bits per heavy atom. The molecule has 21 heavy (non-hydrogen) atoms. The van der Waals surface area contributed by atoms with Crippen molar-refractivity contribution in [2.45, 2.75) is 0 Å². The molecule has 1 N–H and O–H groups in total. The Morgan fingerprint density at radius 1 is 1.29 bits per heavy atom. The number of carboxylic acids is 1. The lowest BCUT2D eigenvalue weighted by molar-refractivity contribution is -0.385. The van der Waals surface area contributed by atoms with E-state index in [1.54, 1.807) is 0 Å². The molecular formula is C13H7ClFNO5. The van der Waals surface area contributed by atoms with Crippen LogP contribution in [0, 0.1) is 15.9 Å². The van der Waals surface area contributed by atoms with Crippen LogP contribution >= 0.6 is 11.6 Å². The van der Waals surface area contributed by atoms with E-state index in [2.05, 4.69) is 0 Å². The van der Waals surface area contributed by atoms with E-state index >= 15 is 0 Å². The third-order valence-corrected chi connectivity index (χ3v) is 2.82. The molecule has 0 spiro atoms. The van der Waals surface area contributed by atoms with Gasteiger partial charge in [0.1, 0.15) is 11.6 Å². The molecule has 2 aromatic rings. The van der Waals surface area contributed by atoms with E-state index in [0.717, 1.165) is 12.1 Å². The average Bonchev–Trinajstić information content (AvgIpc) is 2.43. The summed E-state index contributed by atoms with van der Waals surface area (Å²) in [5.41, 5.74) is -0.470. The van der Waals surface area contributed by atoms with Crippen molar-refractivity contribution in [2.24, 2.45) is 0 Å². The van der Waals surface area contributed by atoms with Crippen molar-refractivity contribution in [3.8, 4) is 11.5 Å². The number of ether oxygens (including phenoxy) is 1. The highest BCUT2D eigenvalue weighted by molar-refractivity contribution is 6.31. The summed E-state index contributed by atoms with van der Waals surface area (Å²) in [6.45, 7) is 0. The number of halogens is 2. The lowest BCUT2D eigenvalue weighted by Gasteiger charge is -2.07. The number of nitrogens with zero attached hydrogens (tertiary/aromatic N) is 1. The molecule has 6 nitrogen and oxygen atoms in total. The summed E-state index contributed by atoms with van der Waals surface area (Å²) in [5, 5.41) is 19.2. The number of rotatable bonds is 4. The molecule has 0 unspecified atom stereocenters. The van der Waals surface area contributed by atoms with Crippen molar-refractivity contribution in [1.82, 2.24) is 0 Å². The zero-order valence-corrected chi connectivity index (χ0v) is 11.0. The quantitative estimate of drug-likeness (QED) is 0.683. The van der Waals surface area contributed by atoms with Gasteiger partial charge < -0.3 is 9.84 Å². The van der Waals surface area contributed by atoms with Crippen molar-refractivity contribution in [3.63, 3.8) is 0 Å². The number of carbonyl (C=O) groups is 1.